The van der Waals surface area contributed by atoms with Crippen LogP contribution in [0.2, 0.25) is 0 Å². The van der Waals surface area contributed by atoms with Crippen molar-refractivity contribution in [3.63, 3.8) is 0 Å². The van der Waals surface area contributed by atoms with Gasteiger partial charge in [-0.15, -0.1) is 0 Å². The number of nitrogens with zero attached hydrogens (tertiary/aromatic N) is 3. The molecule has 0 aliphatic rings. The number of nitrogens with one attached hydrogen (secondary N) is 1. The van der Waals surface area contributed by atoms with E-state index < -0.39 is 0 Å². The number of hydrogen-bond donors (Lipinski definition) is 1. The quantitative estimate of drug-likeness (QED) is 0.458. The number of amides is 2. The van der Waals surface area contributed by atoms with Crippen LogP contribution >= 0.6 is 0 Å². The number of hydrogen-bond acceptors (Lipinski definition) is 5. The van der Waals surface area contributed by atoms with Gasteiger partial charge in [-0.05, 0) is 36.4 Å². The minimum absolute atomic E-state index is 0.204. The van der Waals surface area contributed by atoms with E-state index >= 15 is 0 Å². The summed E-state index contributed by atoms with van der Waals surface area (Å²) in [6, 6.07) is 14.0. The van der Waals surface area contributed by atoms with Gasteiger partial charge in [0, 0.05) is 26.1 Å². The maximum Gasteiger partial charge on any atom is 0.259 e. The minimum Gasteiger partial charge on any atom is -0.496 e. The van der Waals surface area contributed by atoms with Gasteiger partial charge in [0.15, 0.2) is 0 Å². The predicted molar refractivity (Wildman–Crippen MR) is 126 cm³/mol. The van der Waals surface area contributed by atoms with Gasteiger partial charge >= 0.3 is 0 Å². The highest BCUT2D eigenvalue weighted by Crippen LogP contribution is 2.29. The van der Waals surface area contributed by atoms with Crippen molar-refractivity contribution < 1.29 is 18.7 Å². The van der Waals surface area contributed by atoms with E-state index in [2.05, 4.69) is 10.3 Å². The van der Waals surface area contributed by atoms with Crippen LogP contribution < -0.4 is 10.1 Å². The first-order valence-corrected chi connectivity index (χ1v) is 10.6. The molecule has 0 bridgehead atoms. The largest absolute Gasteiger partial charge is 0.496 e. The summed E-state index contributed by atoms with van der Waals surface area (Å²) in [7, 11) is 5.13. The molecule has 0 radical (unpaired) electrons. The van der Waals surface area contributed by atoms with E-state index in [-0.39, 0.29) is 11.8 Å². The van der Waals surface area contributed by atoms with E-state index in [1.165, 1.54) is 7.11 Å². The number of rotatable bonds is 7. The van der Waals surface area contributed by atoms with Crippen molar-refractivity contribution in [1.82, 2.24) is 14.5 Å². The number of fused-ring (bicyclic) bond motifs is 1. The second-order valence-electron chi connectivity index (χ2n) is 7.73. The molecule has 0 aliphatic heterocycles. The molecule has 8 nitrogen and oxygen atoms in total. The second-order valence-corrected chi connectivity index (χ2v) is 7.73. The van der Waals surface area contributed by atoms with Gasteiger partial charge in [0.25, 0.3) is 11.8 Å². The van der Waals surface area contributed by atoms with Gasteiger partial charge in [-0.2, -0.15) is 0 Å². The maximum atomic E-state index is 13.2. The number of imidazole rings is 1. The molecule has 0 atom stereocenters. The predicted octanol–water partition coefficient (Wildman–Crippen LogP) is 4.26. The molecular formula is C25H26N4O4. The number of aromatic nitrogens is 2. The molecule has 2 aromatic heterocycles. The number of carbonyl (C=O) groups is 2. The van der Waals surface area contributed by atoms with Gasteiger partial charge in [0.1, 0.15) is 17.3 Å². The minimum atomic E-state index is -0.332. The SMILES string of the molecule is CCc1nc2cc(C(=O)N(C)Cc3ccco3)cc(NC(=O)c3ccccc3OC)c2n1C. The van der Waals surface area contributed by atoms with Gasteiger partial charge in [0.2, 0.25) is 0 Å². The third kappa shape index (κ3) is 4.32. The number of benzene rings is 2. The monoisotopic (exact) mass is 446 g/mol. The topological polar surface area (TPSA) is 89.6 Å². The first kappa shape index (κ1) is 22.1. The van der Waals surface area contributed by atoms with E-state index in [4.69, 9.17) is 9.15 Å². The zero-order chi connectivity index (χ0) is 23.5. The van der Waals surface area contributed by atoms with Gasteiger partial charge < -0.3 is 23.9 Å². The molecule has 33 heavy (non-hydrogen) atoms. The summed E-state index contributed by atoms with van der Waals surface area (Å²) >= 11 is 0. The van der Waals surface area contributed by atoms with Crippen LogP contribution in [0.3, 0.4) is 0 Å². The molecule has 0 aliphatic carbocycles. The van der Waals surface area contributed by atoms with Gasteiger partial charge in [-0.1, -0.05) is 19.1 Å². The Morgan fingerprint density at radius 1 is 1.18 bits per heavy atom. The molecule has 0 spiro atoms. The lowest BCUT2D eigenvalue weighted by molar-refractivity contribution is 0.0775. The first-order chi connectivity index (χ1) is 15.9. The molecule has 0 unspecified atom stereocenters. The third-order valence-corrected chi connectivity index (χ3v) is 5.54. The number of carbonyl (C=O) groups excluding carboxylic acids is 2. The highest BCUT2D eigenvalue weighted by molar-refractivity contribution is 6.11. The van der Waals surface area contributed by atoms with Crippen LogP contribution in [0.5, 0.6) is 5.75 Å². The Hall–Kier alpha value is -4.07. The number of para-hydroxylation sites is 1. The smallest absolute Gasteiger partial charge is 0.259 e. The van der Waals surface area contributed by atoms with Crippen molar-refractivity contribution in [2.75, 3.05) is 19.5 Å². The Morgan fingerprint density at radius 2 is 1.97 bits per heavy atom. The van der Waals surface area contributed by atoms with Crippen LogP contribution in [0.25, 0.3) is 11.0 Å². The van der Waals surface area contributed by atoms with Gasteiger partial charge in [0.05, 0.1) is 42.2 Å². The zero-order valence-corrected chi connectivity index (χ0v) is 19.1. The molecule has 4 rings (SSSR count). The average molecular weight is 447 g/mol. The number of ether oxygens (including phenoxy) is 1. The normalized spacial score (nSPS) is 10.9. The van der Waals surface area contributed by atoms with E-state index in [1.807, 2.05) is 24.6 Å². The summed E-state index contributed by atoms with van der Waals surface area (Å²) in [4.78, 5) is 32.6. The van der Waals surface area contributed by atoms with Crippen molar-refractivity contribution in [1.29, 1.82) is 0 Å². The van der Waals surface area contributed by atoms with Crippen LogP contribution in [-0.2, 0) is 20.0 Å². The second kappa shape index (κ2) is 9.20. The van der Waals surface area contributed by atoms with Crippen molar-refractivity contribution in [2.45, 2.75) is 19.9 Å². The zero-order valence-electron chi connectivity index (χ0n) is 19.1. The molecule has 4 aromatic rings. The fraction of sp³-hybridized carbons (Fsp3) is 0.240. The molecule has 2 amide bonds. The third-order valence-electron chi connectivity index (χ3n) is 5.54. The summed E-state index contributed by atoms with van der Waals surface area (Å²) < 4.78 is 12.6. The highest BCUT2D eigenvalue weighted by atomic mass is 16.5. The first-order valence-electron chi connectivity index (χ1n) is 10.6. The van der Waals surface area contributed by atoms with Crippen molar-refractivity contribution in [3.05, 3.63) is 77.5 Å². The molecule has 1 N–H and O–H groups in total. The lowest BCUT2D eigenvalue weighted by Gasteiger charge is -2.17. The van der Waals surface area contributed by atoms with Crippen LogP contribution in [0.1, 0.15) is 39.2 Å². The number of furan rings is 1. The standard InChI is InChI=1S/C25H26N4O4/c1-5-22-26-19-13-16(25(31)28(2)15-17-9-8-12-33-17)14-20(23(19)29(22)3)27-24(30)18-10-6-7-11-21(18)32-4/h6-14H,5,15H2,1-4H3,(H,27,30). The average Bonchev–Trinajstić information content (AvgIpc) is 3.45. The molecule has 0 saturated carbocycles. The molecule has 0 fully saturated rings. The molecule has 0 saturated heterocycles. The van der Waals surface area contributed by atoms with Gasteiger partial charge in [-0.25, -0.2) is 4.98 Å². The van der Waals surface area contributed by atoms with Crippen LogP contribution in [-0.4, -0.2) is 40.4 Å². The highest BCUT2D eigenvalue weighted by Gasteiger charge is 2.21. The molecule has 8 heteroatoms. The van der Waals surface area contributed by atoms with Gasteiger partial charge in [-0.3, -0.25) is 9.59 Å². The Kier molecular flexibility index (Phi) is 6.17. The lowest BCUT2D eigenvalue weighted by Crippen LogP contribution is -2.26. The lowest BCUT2D eigenvalue weighted by atomic mass is 10.1. The van der Waals surface area contributed by atoms with Crippen LogP contribution in [0.4, 0.5) is 5.69 Å². The van der Waals surface area contributed by atoms with Crippen molar-refractivity contribution in [3.8, 4) is 5.75 Å². The van der Waals surface area contributed by atoms with Crippen LogP contribution in [0.15, 0.2) is 59.2 Å². The van der Waals surface area contributed by atoms with E-state index in [1.54, 1.807) is 60.7 Å². The number of methoxy groups -OCH3 is 1. The van der Waals surface area contributed by atoms with Crippen LogP contribution in [0, 0.1) is 0 Å². The Bertz CT molecular complexity index is 1310. The van der Waals surface area contributed by atoms with E-state index in [0.29, 0.717) is 46.8 Å². The fourth-order valence-electron chi connectivity index (χ4n) is 3.89. The molecule has 170 valence electrons. The Morgan fingerprint density at radius 3 is 2.67 bits per heavy atom. The fourth-order valence-corrected chi connectivity index (χ4v) is 3.89. The summed E-state index contributed by atoms with van der Waals surface area (Å²) in [5.41, 5.74) is 2.72. The summed E-state index contributed by atoms with van der Waals surface area (Å²) in [6.07, 6.45) is 2.29. The van der Waals surface area contributed by atoms with E-state index in [0.717, 1.165) is 11.3 Å². The number of anilines is 1. The van der Waals surface area contributed by atoms with Crippen molar-refractivity contribution >= 4 is 28.5 Å². The Balaban J connectivity index is 1.74. The summed E-state index contributed by atoms with van der Waals surface area (Å²) in [5, 5.41) is 2.96. The molecule has 2 heterocycles. The van der Waals surface area contributed by atoms with Crippen molar-refractivity contribution in [2.24, 2.45) is 7.05 Å². The summed E-state index contributed by atoms with van der Waals surface area (Å²) in [6.45, 7) is 2.34. The maximum absolute atomic E-state index is 13.2. The molecular weight excluding hydrogens is 420 g/mol. The Labute approximate surface area is 191 Å². The van der Waals surface area contributed by atoms with E-state index in [9.17, 15) is 9.59 Å². The number of aryl methyl sites for hydroxylation is 2. The summed E-state index contributed by atoms with van der Waals surface area (Å²) in [5.74, 6) is 1.47. The molecule has 2 aromatic carbocycles.